The van der Waals surface area contributed by atoms with Crippen molar-refractivity contribution < 1.29 is 27.4 Å². The van der Waals surface area contributed by atoms with Gasteiger partial charge in [0.2, 0.25) is 0 Å². The van der Waals surface area contributed by atoms with Gasteiger partial charge in [0.15, 0.2) is 11.5 Å². The number of alkyl halides is 3. The number of para-hydroxylation sites is 1. The summed E-state index contributed by atoms with van der Waals surface area (Å²) < 4.78 is 48.1. The van der Waals surface area contributed by atoms with Crippen molar-refractivity contribution in [3.8, 4) is 11.5 Å². The van der Waals surface area contributed by atoms with E-state index in [4.69, 9.17) is 9.47 Å². The highest BCUT2D eigenvalue weighted by molar-refractivity contribution is 5.74. The first kappa shape index (κ1) is 20.4. The zero-order chi connectivity index (χ0) is 19.9. The quantitative estimate of drug-likeness (QED) is 0.767. The Balaban J connectivity index is 1.80. The summed E-state index contributed by atoms with van der Waals surface area (Å²) in [7, 11) is 3.05. The molecule has 0 radical (unpaired) electrons. The minimum absolute atomic E-state index is 0.243. The fourth-order valence-electron chi connectivity index (χ4n) is 2.51. The van der Waals surface area contributed by atoms with Crippen molar-refractivity contribution in [1.82, 2.24) is 10.6 Å². The summed E-state index contributed by atoms with van der Waals surface area (Å²) in [6, 6.07) is 9.85. The maximum absolute atomic E-state index is 12.5. The van der Waals surface area contributed by atoms with Crippen LogP contribution in [0.15, 0.2) is 42.5 Å². The van der Waals surface area contributed by atoms with Crippen molar-refractivity contribution >= 4 is 6.03 Å². The Hall–Kier alpha value is -2.90. The van der Waals surface area contributed by atoms with Gasteiger partial charge in [-0.2, -0.15) is 13.2 Å². The fourth-order valence-corrected chi connectivity index (χ4v) is 2.51. The molecule has 0 aliphatic heterocycles. The van der Waals surface area contributed by atoms with E-state index >= 15 is 0 Å². The van der Waals surface area contributed by atoms with E-state index in [1.54, 1.807) is 12.1 Å². The molecule has 0 aliphatic carbocycles. The minimum atomic E-state index is -4.35. The molecule has 0 heterocycles. The van der Waals surface area contributed by atoms with Crippen molar-refractivity contribution in [2.75, 3.05) is 20.8 Å². The summed E-state index contributed by atoms with van der Waals surface area (Å²) in [5.74, 6) is 1.12. The lowest BCUT2D eigenvalue weighted by molar-refractivity contribution is -0.137. The summed E-state index contributed by atoms with van der Waals surface area (Å²) in [5.41, 5.74) is 0.775. The average molecular weight is 382 g/mol. The number of hydrogen-bond donors (Lipinski definition) is 2. The molecule has 0 bridgehead atoms. The van der Waals surface area contributed by atoms with Crippen LogP contribution in [0.5, 0.6) is 11.5 Å². The molecule has 2 aromatic rings. The first-order valence-electron chi connectivity index (χ1n) is 8.23. The molecule has 0 aliphatic rings. The molecule has 0 unspecified atom stereocenters. The lowest BCUT2D eigenvalue weighted by Gasteiger charge is -2.13. The van der Waals surface area contributed by atoms with Gasteiger partial charge in [-0.3, -0.25) is 0 Å². The summed E-state index contributed by atoms with van der Waals surface area (Å²) in [6.45, 7) is 0.541. The van der Waals surface area contributed by atoms with Crippen molar-refractivity contribution in [3.05, 3.63) is 59.2 Å². The Kier molecular flexibility index (Phi) is 6.92. The topological polar surface area (TPSA) is 59.6 Å². The maximum Gasteiger partial charge on any atom is 0.416 e. The molecular formula is C19H21F3N2O3. The van der Waals surface area contributed by atoms with Gasteiger partial charge in [-0.05, 0) is 30.2 Å². The van der Waals surface area contributed by atoms with E-state index in [2.05, 4.69) is 10.6 Å². The van der Waals surface area contributed by atoms with E-state index in [-0.39, 0.29) is 12.6 Å². The molecular weight excluding hydrogens is 361 g/mol. The van der Waals surface area contributed by atoms with E-state index in [0.717, 1.165) is 17.7 Å². The molecule has 2 aromatic carbocycles. The van der Waals surface area contributed by atoms with Gasteiger partial charge in [0.25, 0.3) is 0 Å². The third kappa shape index (κ3) is 5.80. The van der Waals surface area contributed by atoms with Crippen LogP contribution in [0, 0.1) is 0 Å². The summed E-state index contributed by atoms with van der Waals surface area (Å²) >= 11 is 0. The first-order chi connectivity index (χ1) is 12.8. The van der Waals surface area contributed by atoms with E-state index in [1.807, 2.05) is 6.07 Å². The van der Waals surface area contributed by atoms with Gasteiger partial charge in [-0.15, -0.1) is 0 Å². The highest BCUT2D eigenvalue weighted by Gasteiger charge is 2.29. The Morgan fingerprint density at radius 1 is 1.00 bits per heavy atom. The molecule has 0 saturated carbocycles. The van der Waals surface area contributed by atoms with Crippen LogP contribution >= 0.6 is 0 Å². The number of ether oxygens (including phenoxy) is 2. The molecule has 8 heteroatoms. The van der Waals surface area contributed by atoms with E-state index in [1.165, 1.54) is 26.4 Å². The Morgan fingerprint density at radius 2 is 1.70 bits per heavy atom. The van der Waals surface area contributed by atoms with Crippen LogP contribution in [0.1, 0.15) is 16.7 Å². The number of methoxy groups -OCH3 is 2. The highest BCUT2D eigenvalue weighted by Crippen LogP contribution is 2.30. The number of benzene rings is 2. The summed E-state index contributed by atoms with van der Waals surface area (Å²) in [4.78, 5) is 11.9. The van der Waals surface area contributed by atoms with Crippen LogP contribution < -0.4 is 20.1 Å². The Bertz CT molecular complexity index is 762. The van der Waals surface area contributed by atoms with Crippen LogP contribution in [0.3, 0.4) is 0 Å². The monoisotopic (exact) mass is 382 g/mol. The zero-order valence-corrected chi connectivity index (χ0v) is 15.0. The number of amides is 2. The van der Waals surface area contributed by atoms with E-state index in [0.29, 0.717) is 30.0 Å². The van der Waals surface area contributed by atoms with Crippen LogP contribution in [-0.2, 0) is 19.1 Å². The van der Waals surface area contributed by atoms with Crippen molar-refractivity contribution in [2.24, 2.45) is 0 Å². The van der Waals surface area contributed by atoms with Gasteiger partial charge in [-0.25, -0.2) is 4.79 Å². The van der Waals surface area contributed by atoms with Crippen LogP contribution in [-0.4, -0.2) is 26.8 Å². The molecule has 2 rings (SSSR count). The lowest BCUT2D eigenvalue weighted by Crippen LogP contribution is -2.36. The standard InChI is InChI=1S/C19H21F3N2O3/c1-26-16-5-3-4-14(17(16)27-2)12-24-18(25)23-11-10-13-6-8-15(9-7-13)19(20,21)22/h3-9H,10-12H2,1-2H3,(H2,23,24,25). The summed E-state index contributed by atoms with van der Waals surface area (Å²) in [6.07, 6.45) is -3.92. The fraction of sp³-hybridized carbons (Fsp3) is 0.316. The van der Waals surface area contributed by atoms with Gasteiger partial charge in [0.05, 0.1) is 19.8 Å². The minimum Gasteiger partial charge on any atom is -0.493 e. The lowest BCUT2D eigenvalue weighted by atomic mass is 10.1. The number of carbonyl (C=O) groups excluding carboxylic acids is 1. The second kappa shape index (κ2) is 9.16. The van der Waals surface area contributed by atoms with Crippen molar-refractivity contribution in [1.29, 1.82) is 0 Å². The molecule has 0 aromatic heterocycles. The van der Waals surface area contributed by atoms with Crippen LogP contribution in [0.4, 0.5) is 18.0 Å². The van der Waals surface area contributed by atoms with Crippen LogP contribution in [0.2, 0.25) is 0 Å². The van der Waals surface area contributed by atoms with Crippen LogP contribution in [0.25, 0.3) is 0 Å². The van der Waals surface area contributed by atoms with Gasteiger partial charge >= 0.3 is 12.2 Å². The third-order valence-corrected chi connectivity index (χ3v) is 3.90. The number of urea groups is 1. The molecule has 2 N–H and O–H groups in total. The largest absolute Gasteiger partial charge is 0.493 e. The number of rotatable bonds is 7. The van der Waals surface area contributed by atoms with Gasteiger partial charge in [0.1, 0.15) is 0 Å². The van der Waals surface area contributed by atoms with Gasteiger partial charge in [0, 0.05) is 18.7 Å². The SMILES string of the molecule is COc1cccc(CNC(=O)NCCc2ccc(C(F)(F)F)cc2)c1OC. The molecule has 0 saturated heterocycles. The predicted octanol–water partition coefficient (Wildman–Crippen LogP) is 3.76. The maximum atomic E-state index is 12.5. The third-order valence-electron chi connectivity index (χ3n) is 3.90. The molecule has 146 valence electrons. The molecule has 0 fully saturated rings. The van der Waals surface area contributed by atoms with Crippen molar-refractivity contribution in [2.45, 2.75) is 19.1 Å². The average Bonchev–Trinajstić information content (AvgIpc) is 2.65. The zero-order valence-electron chi connectivity index (χ0n) is 15.0. The normalized spacial score (nSPS) is 11.0. The second-order valence-corrected chi connectivity index (χ2v) is 5.71. The second-order valence-electron chi connectivity index (χ2n) is 5.71. The molecule has 2 amide bonds. The van der Waals surface area contributed by atoms with E-state index < -0.39 is 11.7 Å². The number of carbonyl (C=O) groups is 1. The molecule has 0 atom stereocenters. The molecule has 0 spiro atoms. The van der Waals surface area contributed by atoms with Crippen molar-refractivity contribution in [3.63, 3.8) is 0 Å². The number of hydrogen-bond acceptors (Lipinski definition) is 3. The molecule has 27 heavy (non-hydrogen) atoms. The number of halogens is 3. The molecule has 5 nitrogen and oxygen atoms in total. The van der Waals surface area contributed by atoms with Gasteiger partial charge in [-0.1, -0.05) is 24.3 Å². The Labute approximate surface area is 155 Å². The highest BCUT2D eigenvalue weighted by atomic mass is 19.4. The van der Waals surface area contributed by atoms with Gasteiger partial charge < -0.3 is 20.1 Å². The smallest absolute Gasteiger partial charge is 0.416 e. The predicted molar refractivity (Wildman–Crippen MR) is 94.9 cm³/mol. The van der Waals surface area contributed by atoms with E-state index in [9.17, 15) is 18.0 Å². The first-order valence-corrected chi connectivity index (χ1v) is 8.23. The summed E-state index contributed by atoms with van der Waals surface area (Å²) in [5, 5.41) is 5.37. The number of nitrogens with one attached hydrogen (secondary N) is 2. The Morgan fingerprint density at radius 3 is 2.30 bits per heavy atom.